The zero-order chi connectivity index (χ0) is 8.67. The lowest BCUT2D eigenvalue weighted by molar-refractivity contribution is 0.198. The third-order valence-electron chi connectivity index (χ3n) is 4.46. The van der Waals surface area contributed by atoms with E-state index in [1.165, 1.54) is 32.1 Å². The van der Waals surface area contributed by atoms with Gasteiger partial charge in [0.15, 0.2) is 0 Å². The van der Waals surface area contributed by atoms with Crippen LogP contribution in [0.4, 0.5) is 0 Å². The minimum absolute atomic E-state index is 0.906. The first-order valence-electron chi connectivity index (χ1n) is 6.16. The molecule has 2 saturated heterocycles. The fourth-order valence-corrected chi connectivity index (χ4v) is 3.57. The molecule has 13 heavy (non-hydrogen) atoms. The molecule has 1 aliphatic carbocycles. The van der Waals surface area contributed by atoms with E-state index in [4.69, 9.17) is 0 Å². The van der Waals surface area contributed by atoms with E-state index in [1.807, 2.05) is 0 Å². The molecule has 2 heterocycles. The summed E-state index contributed by atoms with van der Waals surface area (Å²) in [4.78, 5) is 0. The van der Waals surface area contributed by atoms with Crippen molar-refractivity contribution in [3.8, 4) is 0 Å². The molecule has 2 aliphatic heterocycles. The summed E-state index contributed by atoms with van der Waals surface area (Å²) in [5, 5.41) is 3.73. The summed E-state index contributed by atoms with van der Waals surface area (Å²) in [6.07, 6.45) is 12.1. The molecule has 1 N–H and O–H groups in total. The molecule has 0 aromatic carbocycles. The molecule has 0 spiro atoms. The van der Waals surface area contributed by atoms with Crippen LogP contribution in [0.25, 0.3) is 0 Å². The lowest BCUT2D eigenvalue weighted by Crippen LogP contribution is -2.38. The van der Waals surface area contributed by atoms with Gasteiger partial charge in [-0.25, -0.2) is 0 Å². The highest BCUT2D eigenvalue weighted by Crippen LogP contribution is 2.39. The molecule has 74 valence electrons. The first kappa shape index (κ1) is 8.28. The smallest absolute Gasteiger partial charge is 0.00728 e. The Morgan fingerprint density at radius 3 is 2.08 bits per heavy atom. The lowest BCUT2D eigenvalue weighted by atomic mass is 9.75. The highest BCUT2D eigenvalue weighted by Gasteiger charge is 2.34. The zero-order valence-electron chi connectivity index (χ0n) is 8.47. The van der Waals surface area contributed by atoms with E-state index in [1.54, 1.807) is 19.3 Å². The van der Waals surface area contributed by atoms with Gasteiger partial charge in [-0.05, 0) is 43.9 Å². The van der Waals surface area contributed by atoms with Crippen molar-refractivity contribution >= 4 is 0 Å². The van der Waals surface area contributed by atoms with Crippen LogP contribution in [-0.2, 0) is 0 Å². The van der Waals surface area contributed by atoms with Crippen molar-refractivity contribution in [2.24, 2.45) is 11.8 Å². The number of rotatable bonds is 2. The quantitative estimate of drug-likeness (QED) is 0.687. The monoisotopic (exact) mass is 179 g/mol. The molecule has 0 aromatic heterocycles. The van der Waals surface area contributed by atoms with Crippen LogP contribution < -0.4 is 5.32 Å². The van der Waals surface area contributed by atoms with Crippen molar-refractivity contribution in [2.75, 3.05) is 0 Å². The highest BCUT2D eigenvalue weighted by molar-refractivity contribution is 4.92. The van der Waals surface area contributed by atoms with Gasteiger partial charge in [0.1, 0.15) is 0 Å². The van der Waals surface area contributed by atoms with Gasteiger partial charge < -0.3 is 5.32 Å². The first-order chi connectivity index (χ1) is 6.40. The predicted octanol–water partition coefficient (Wildman–Crippen LogP) is 2.71. The Balaban J connectivity index is 1.54. The summed E-state index contributed by atoms with van der Waals surface area (Å²) in [5.74, 6) is 2.21. The largest absolute Gasteiger partial charge is 0.311 e. The molecule has 0 aromatic rings. The van der Waals surface area contributed by atoms with Gasteiger partial charge in [-0.2, -0.15) is 0 Å². The Kier molecular flexibility index (Phi) is 2.08. The molecule has 2 bridgehead atoms. The molecular weight excluding hydrogens is 158 g/mol. The summed E-state index contributed by atoms with van der Waals surface area (Å²) in [7, 11) is 0. The Morgan fingerprint density at radius 1 is 0.846 bits per heavy atom. The second-order valence-corrected chi connectivity index (χ2v) is 5.51. The van der Waals surface area contributed by atoms with E-state index in [2.05, 4.69) is 5.32 Å². The van der Waals surface area contributed by atoms with Gasteiger partial charge in [0.2, 0.25) is 0 Å². The van der Waals surface area contributed by atoms with Crippen molar-refractivity contribution in [3.63, 3.8) is 0 Å². The van der Waals surface area contributed by atoms with Crippen molar-refractivity contribution in [2.45, 2.75) is 63.5 Å². The molecule has 3 rings (SSSR count). The zero-order valence-corrected chi connectivity index (χ0v) is 8.47. The topological polar surface area (TPSA) is 12.0 Å². The molecule has 1 heteroatoms. The molecule has 0 amide bonds. The first-order valence-corrected chi connectivity index (χ1v) is 6.16. The maximum Gasteiger partial charge on any atom is 0.00728 e. The van der Waals surface area contributed by atoms with Crippen LogP contribution in [0.1, 0.15) is 51.4 Å². The Hall–Kier alpha value is -0.0400. The minimum atomic E-state index is 0.906. The van der Waals surface area contributed by atoms with Crippen LogP contribution in [0, 0.1) is 11.8 Å². The maximum atomic E-state index is 3.73. The molecule has 1 nitrogen and oxygen atoms in total. The molecule has 3 fully saturated rings. The van der Waals surface area contributed by atoms with Crippen LogP contribution in [0.2, 0.25) is 0 Å². The number of fused-ring (bicyclic) bond motifs is 2. The van der Waals surface area contributed by atoms with Crippen molar-refractivity contribution in [1.82, 2.24) is 5.32 Å². The van der Waals surface area contributed by atoms with Crippen LogP contribution in [-0.4, -0.2) is 12.1 Å². The van der Waals surface area contributed by atoms with Gasteiger partial charge >= 0.3 is 0 Å². The van der Waals surface area contributed by atoms with Gasteiger partial charge in [0.05, 0.1) is 0 Å². The lowest BCUT2D eigenvalue weighted by Gasteiger charge is -2.34. The van der Waals surface area contributed by atoms with Gasteiger partial charge in [-0.1, -0.05) is 19.3 Å². The summed E-state index contributed by atoms with van der Waals surface area (Å²) in [6, 6.07) is 1.81. The number of nitrogens with one attached hydrogen (secondary N) is 1. The van der Waals surface area contributed by atoms with Crippen LogP contribution >= 0.6 is 0 Å². The maximum absolute atomic E-state index is 3.73. The average Bonchev–Trinajstić information content (AvgIpc) is 2.39. The van der Waals surface area contributed by atoms with Gasteiger partial charge in [-0.3, -0.25) is 0 Å². The van der Waals surface area contributed by atoms with Gasteiger partial charge in [0.25, 0.3) is 0 Å². The fraction of sp³-hybridized carbons (Fsp3) is 1.00. The third kappa shape index (κ3) is 1.63. The van der Waals surface area contributed by atoms with Gasteiger partial charge in [-0.15, -0.1) is 0 Å². The molecule has 1 saturated carbocycles. The third-order valence-corrected chi connectivity index (χ3v) is 4.46. The highest BCUT2D eigenvalue weighted by atomic mass is 15.0. The van der Waals surface area contributed by atoms with Crippen molar-refractivity contribution in [3.05, 3.63) is 0 Å². The molecule has 2 unspecified atom stereocenters. The fourth-order valence-electron chi connectivity index (χ4n) is 3.57. The predicted molar refractivity (Wildman–Crippen MR) is 54.6 cm³/mol. The van der Waals surface area contributed by atoms with Crippen LogP contribution in [0.15, 0.2) is 0 Å². The summed E-state index contributed by atoms with van der Waals surface area (Å²) < 4.78 is 0. The van der Waals surface area contributed by atoms with Crippen LogP contribution in [0.3, 0.4) is 0 Å². The standard InChI is InChI=1S/C12H21N/c1-2-9(3-1)6-10-7-11-4-5-12(8-10)13-11/h9-13H,1-8H2. The Labute approximate surface area is 81.3 Å². The molecule has 3 aliphatic rings. The minimum Gasteiger partial charge on any atom is -0.311 e. The molecule has 2 atom stereocenters. The summed E-state index contributed by atoms with van der Waals surface area (Å²) >= 11 is 0. The van der Waals surface area contributed by atoms with Gasteiger partial charge in [0, 0.05) is 12.1 Å². The van der Waals surface area contributed by atoms with E-state index < -0.39 is 0 Å². The van der Waals surface area contributed by atoms with E-state index in [0.717, 1.165) is 23.9 Å². The number of piperidine rings is 1. The molecular formula is C12H21N. The van der Waals surface area contributed by atoms with Crippen LogP contribution in [0.5, 0.6) is 0 Å². The Bertz CT molecular complexity index is 174. The van der Waals surface area contributed by atoms with Crippen molar-refractivity contribution < 1.29 is 0 Å². The second kappa shape index (κ2) is 3.27. The second-order valence-electron chi connectivity index (χ2n) is 5.51. The van der Waals surface area contributed by atoms with E-state index in [0.29, 0.717) is 0 Å². The molecule has 0 radical (unpaired) electrons. The Morgan fingerprint density at radius 2 is 1.54 bits per heavy atom. The SMILES string of the molecule is C1CC(CC2CC3CCC(C2)N3)C1. The van der Waals surface area contributed by atoms with E-state index in [9.17, 15) is 0 Å². The van der Waals surface area contributed by atoms with E-state index in [-0.39, 0.29) is 0 Å². The number of hydrogen-bond donors (Lipinski definition) is 1. The average molecular weight is 179 g/mol. The summed E-state index contributed by atoms with van der Waals surface area (Å²) in [5.41, 5.74) is 0. The number of hydrogen-bond acceptors (Lipinski definition) is 1. The summed E-state index contributed by atoms with van der Waals surface area (Å²) in [6.45, 7) is 0. The van der Waals surface area contributed by atoms with E-state index >= 15 is 0 Å². The van der Waals surface area contributed by atoms with Crippen molar-refractivity contribution in [1.29, 1.82) is 0 Å². The normalized spacial score (nSPS) is 44.8.